The fraction of sp³-hybridized carbons (Fsp3) is 0.900. The van der Waals surface area contributed by atoms with Gasteiger partial charge in [-0.2, -0.15) is 0 Å². The van der Waals surface area contributed by atoms with Crippen molar-refractivity contribution in [2.75, 3.05) is 26.4 Å². The number of fused-ring (bicyclic) bond motifs is 1. The van der Waals surface area contributed by atoms with Gasteiger partial charge in [-0.15, -0.1) is 0 Å². The van der Waals surface area contributed by atoms with E-state index in [1.807, 2.05) is 0 Å². The molecule has 0 aromatic carbocycles. The van der Waals surface area contributed by atoms with E-state index in [2.05, 4.69) is 13.8 Å². The van der Waals surface area contributed by atoms with Gasteiger partial charge >= 0.3 is 0 Å². The van der Waals surface area contributed by atoms with Crippen LogP contribution in [0, 0.1) is 28.6 Å². The lowest BCUT2D eigenvalue weighted by molar-refractivity contribution is -0.212. The Balaban J connectivity index is 2.34. The Morgan fingerprint density at radius 1 is 1.16 bits per heavy atom. The van der Waals surface area contributed by atoms with E-state index in [0.717, 1.165) is 31.3 Å². The largest absolute Gasteiger partial charge is 0.396 e. The summed E-state index contributed by atoms with van der Waals surface area (Å²) in [6.07, 6.45) is 6.06. The van der Waals surface area contributed by atoms with Gasteiger partial charge in [0, 0.05) is 12.0 Å². The zero-order chi connectivity index (χ0) is 18.7. The van der Waals surface area contributed by atoms with Gasteiger partial charge in [0.1, 0.15) is 0 Å². The highest BCUT2D eigenvalue weighted by Crippen LogP contribution is 2.63. The maximum Gasteiger partial charge on any atom is 0.0642 e. The molecule has 0 unspecified atom stereocenters. The molecular weight excluding hydrogens is 320 g/mol. The highest BCUT2D eigenvalue weighted by Gasteiger charge is 2.61. The SMILES string of the molecule is C[C@@H]1C[C@H](O)[C@@]2(CO)[C@H](CO)CCC[C@@H]2[C@@]1(C)CC/C(=C/CO)CO. The molecular formula is C20H36O5. The van der Waals surface area contributed by atoms with Gasteiger partial charge in [0.25, 0.3) is 0 Å². The van der Waals surface area contributed by atoms with E-state index >= 15 is 0 Å². The van der Waals surface area contributed by atoms with Crippen LogP contribution >= 0.6 is 0 Å². The van der Waals surface area contributed by atoms with Crippen molar-refractivity contribution < 1.29 is 25.5 Å². The van der Waals surface area contributed by atoms with Crippen LogP contribution in [0.25, 0.3) is 0 Å². The summed E-state index contributed by atoms with van der Waals surface area (Å²) in [6, 6.07) is 0. The Morgan fingerprint density at radius 2 is 1.88 bits per heavy atom. The molecule has 0 radical (unpaired) electrons. The van der Waals surface area contributed by atoms with Gasteiger partial charge in [0.05, 0.1) is 25.9 Å². The number of hydrogen-bond donors (Lipinski definition) is 5. The lowest BCUT2D eigenvalue weighted by Crippen LogP contribution is -2.63. The van der Waals surface area contributed by atoms with Gasteiger partial charge in [-0.1, -0.05) is 26.3 Å². The molecule has 2 rings (SSSR count). The molecule has 6 atom stereocenters. The lowest BCUT2D eigenvalue weighted by atomic mass is 9.43. The first-order valence-corrected chi connectivity index (χ1v) is 9.70. The summed E-state index contributed by atoms with van der Waals surface area (Å²) >= 11 is 0. The van der Waals surface area contributed by atoms with E-state index in [9.17, 15) is 20.4 Å². The van der Waals surface area contributed by atoms with E-state index in [4.69, 9.17) is 5.11 Å². The van der Waals surface area contributed by atoms with Crippen molar-refractivity contribution in [3.8, 4) is 0 Å². The van der Waals surface area contributed by atoms with Gasteiger partial charge in [0.2, 0.25) is 0 Å². The minimum absolute atomic E-state index is 0.00485. The molecule has 146 valence electrons. The van der Waals surface area contributed by atoms with Crippen LogP contribution in [-0.2, 0) is 0 Å². The van der Waals surface area contributed by atoms with Crippen molar-refractivity contribution in [1.29, 1.82) is 0 Å². The highest BCUT2D eigenvalue weighted by atomic mass is 16.3. The minimum atomic E-state index is -0.631. The lowest BCUT2D eigenvalue weighted by Gasteiger charge is -2.63. The predicted octanol–water partition coefficient (Wildman–Crippen LogP) is 1.47. The average molecular weight is 357 g/mol. The number of aliphatic hydroxyl groups is 5. The predicted molar refractivity (Wildman–Crippen MR) is 96.8 cm³/mol. The quantitative estimate of drug-likeness (QED) is 0.445. The molecule has 5 N–H and O–H groups in total. The summed E-state index contributed by atoms with van der Waals surface area (Å²) in [5.41, 5.74) is 0.125. The van der Waals surface area contributed by atoms with E-state index in [1.165, 1.54) is 0 Å². The molecule has 0 aliphatic heterocycles. The third-order valence-corrected chi connectivity index (χ3v) is 7.64. The molecule has 2 saturated carbocycles. The molecule has 2 aliphatic rings. The summed E-state index contributed by atoms with van der Waals surface area (Å²) < 4.78 is 0. The number of rotatable bonds is 7. The van der Waals surface area contributed by atoms with Gasteiger partial charge in [-0.05, 0) is 60.8 Å². The van der Waals surface area contributed by atoms with Crippen LogP contribution < -0.4 is 0 Å². The zero-order valence-corrected chi connectivity index (χ0v) is 15.7. The maximum absolute atomic E-state index is 10.9. The van der Waals surface area contributed by atoms with Crippen LogP contribution in [0.3, 0.4) is 0 Å². The Labute approximate surface area is 151 Å². The number of hydrogen-bond acceptors (Lipinski definition) is 5. The molecule has 0 spiro atoms. The Hall–Kier alpha value is -0.460. The van der Waals surface area contributed by atoms with Crippen molar-refractivity contribution in [3.05, 3.63) is 11.6 Å². The van der Waals surface area contributed by atoms with E-state index in [-0.39, 0.29) is 43.7 Å². The highest BCUT2D eigenvalue weighted by molar-refractivity contribution is 5.12. The third-order valence-electron chi connectivity index (χ3n) is 7.64. The van der Waals surface area contributed by atoms with Crippen molar-refractivity contribution in [2.24, 2.45) is 28.6 Å². The standard InChI is InChI=1S/C20H36O5/c1-14-10-18(25)20(13-24)16(12-23)4-3-5-17(20)19(14,2)8-6-15(11-22)7-9-21/h7,14,16-18,21-25H,3-6,8-13H2,1-2H3/b15-7-/t14-,16+,17-,18+,19+,20+/m1/s1. The second kappa shape index (κ2) is 8.49. The van der Waals surface area contributed by atoms with Crippen LogP contribution in [0.4, 0.5) is 0 Å². The maximum atomic E-state index is 10.9. The topological polar surface area (TPSA) is 101 Å². The molecule has 2 aliphatic carbocycles. The first-order valence-electron chi connectivity index (χ1n) is 9.70. The minimum Gasteiger partial charge on any atom is -0.396 e. The normalized spacial score (nSPS) is 42.3. The van der Waals surface area contributed by atoms with E-state index < -0.39 is 11.5 Å². The Morgan fingerprint density at radius 3 is 2.44 bits per heavy atom. The Kier molecular flexibility index (Phi) is 7.08. The van der Waals surface area contributed by atoms with Crippen LogP contribution in [-0.4, -0.2) is 58.1 Å². The van der Waals surface area contributed by atoms with Gasteiger partial charge in [-0.25, -0.2) is 0 Å². The summed E-state index contributed by atoms with van der Waals surface area (Å²) in [5.74, 6) is 0.366. The van der Waals surface area contributed by atoms with Gasteiger partial charge in [0.15, 0.2) is 0 Å². The summed E-state index contributed by atoms with van der Waals surface area (Å²) in [7, 11) is 0. The van der Waals surface area contributed by atoms with Crippen molar-refractivity contribution >= 4 is 0 Å². The third kappa shape index (κ3) is 3.54. The molecule has 2 fully saturated rings. The molecule has 0 aromatic rings. The van der Waals surface area contributed by atoms with Gasteiger partial charge in [-0.3, -0.25) is 0 Å². The van der Waals surface area contributed by atoms with Crippen LogP contribution in [0.1, 0.15) is 52.4 Å². The molecule has 5 nitrogen and oxygen atoms in total. The number of aliphatic hydroxyl groups excluding tert-OH is 5. The first kappa shape index (κ1) is 20.8. The zero-order valence-electron chi connectivity index (χ0n) is 15.7. The molecule has 25 heavy (non-hydrogen) atoms. The molecule has 0 aromatic heterocycles. The van der Waals surface area contributed by atoms with Crippen LogP contribution in [0.2, 0.25) is 0 Å². The average Bonchev–Trinajstić information content (AvgIpc) is 2.62. The van der Waals surface area contributed by atoms with Gasteiger partial charge < -0.3 is 25.5 Å². The fourth-order valence-corrected chi connectivity index (χ4v) is 5.84. The second-order valence-electron chi connectivity index (χ2n) is 8.49. The molecule has 0 bridgehead atoms. The molecule has 0 heterocycles. The molecule has 0 saturated heterocycles. The van der Waals surface area contributed by atoms with Crippen molar-refractivity contribution in [3.63, 3.8) is 0 Å². The molecule has 5 heteroatoms. The summed E-state index contributed by atoms with van der Waals surface area (Å²) in [6.45, 7) is 4.20. The Bertz CT molecular complexity index is 465. The smallest absolute Gasteiger partial charge is 0.0642 e. The fourth-order valence-electron chi connectivity index (χ4n) is 5.84. The first-order chi connectivity index (χ1) is 11.9. The van der Waals surface area contributed by atoms with Crippen molar-refractivity contribution in [1.82, 2.24) is 0 Å². The van der Waals surface area contributed by atoms with E-state index in [1.54, 1.807) is 6.08 Å². The second-order valence-corrected chi connectivity index (χ2v) is 8.49. The summed E-state index contributed by atoms with van der Waals surface area (Å²) in [4.78, 5) is 0. The summed E-state index contributed by atoms with van der Waals surface area (Å²) in [5, 5.41) is 49.7. The van der Waals surface area contributed by atoms with E-state index in [0.29, 0.717) is 18.8 Å². The van der Waals surface area contributed by atoms with Crippen LogP contribution in [0.5, 0.6) is 0 Å². The van der Waals surface area contributed by atoms with Crippen molar-refractivity contribution in [2.45, 2.75) is 58.5 Å². The molecule has 0 amide bonds. The monoisotopic (exact) mass is 356 g/mol. The van der Waals surface area contributed by atoms with Crippen LogP contribution in [0.15, 0.2) is 11.6 Å².